The van der Waals surface area contributed by atoms with Crippen molar-refractivity contribution in [2.75, 3.05) is 6.54 Å². The number of aromatic nitrogens is 4. The third-order valence-electron chi connectivity index (χ3n) is 5.33. The zero-order valence-corrected chi connectivity index (χ0v) is 17.4. The van der Waals surface area contributed by atoms with E-state index in [0.717, 1.165) is 47.9 Å². The summed E-state index contributed by atoms with van der Waals surface area (Å²) in [5.74, 6) is 1.51. The second kappa shape index (κ2) is 8.33. The standard InChI is InChI=1S/C22H24ClN5O/c1-15-25-16(2)28(26-15)14-22(29)27-11-3-4-21(27)20-10-7-18(13-24-20)12-17-5-8-19(23)9-6-17/h5-10,13,21H,3-4,11-12,14H2,1-2H3/t21-/m0/s1. The van der Waals surface area contributed by atoms with Crippen LogP contribution in [0.3, 0.4) is 0 Å². The summed E-state index contributed by atoms with van der Waals surface area (Å²) in [6.07, 6.45) is 4.64. The second-order valence-electron chi connectivity index (χ2n) is 7.50. The topological polar surface area (TPSA) is 63.9 Å². The Kier molecular flexibility index (Phi) is 5.62. The van der Waals surface area contributed by atoms with Crippen LogP contribution in [0.5, 0.6) is 0 Å². The molecule has 1 saturated heterocycles. The Morgan fingerprint density at radius 2 is 1.90 bits per heavy atom. The molecule has 0 aliphatic carbocycles. The summed E-state index contributed by atoms with van der Waals surface area (Å²) in [6.45, 7) is 4.68. The average molecular weight is 410 g/mol. The first-order valence-corrected chi connectivity index (χ1v) is 10.2. The SMILES string of the molecule is Cc1nc(C)n(CC(=O)N2CCC[C@H]2c2ccc(Cc3ccc(Cl)cc3)cn2)n1. The van der Waals surface area contributed by atoms with Crippen molar-refractivity contribution in [3.63, 3.8) is 0 Å². The largest absolute Gasteiger partial charge is 0.332 e. The number of carbonyl (C=O) groups excluding carboxylic acids is 1. The molecular weight excluding hydrogens is 386 g/mol. The quantitative estimate of drug-likeness (QED) is 0.641. The van der Waals surface area contributed by atoms with Crippen molar-refractivity contribution in [3.8, 4) is 0 Å². The molecule has 7 heteroatoms. The fraction of sp³-hybridized carbons (Fsp3) is 0.364. The molecule has 1 aliphatic heterocycles. The van der Waals surface area contributed by atoms with Crippen LogP contribution in [-0.2, 0) is 17.8 Å². The van der Waals surface area contributed by atoms with Crippen molar-refractivity contribution >= 4 is 17.5 Å². The molecule has 1 amide bonds. The average Bonchev–Trinajstić information content (AvgIpc) is 3.31. The summed E-state index contributed by atoms with van der Waals surface area (Å²) in [4.78, 5) is 23.8. The van der Waals surface area contributed by atoms with Gasteiger partial charge in [0.25, 0.3) is 0 Å². The third-order valence-corrected chi connectivity index (χ3v) is 5.58. The minimum absolute atomic E-state index is 0.0250. The van der Waals surface area contributed by atoms with E-state index in [1.54, 1.807) is 4.68 Å². The van der Waals surface area contributed by atoms with E-state index < -0.39 is 0 Å². The monoisotopic (exact) mass is 409 g/mol. The van der Waals surface area contributed by atoms with Gasteiger partial charge in [0.2, 0.25) is 5.91 Å². The lowest BCUT2D eigenvalue weighted by Crippen LogP contribution is -2.34. The fourth-order valence-corrected chi connectivity index (χ4v) is 4.00. The summed E-state index contributed by atoms with van der Waals surface area (Å²) < 4.78 is 1.68. The molecule has 0 N–H and O–H groups in total. The molecule has 3 aromatic rings. The summed E-state index contributed by atoms with van der Waals surface area (Å²) in [6, 6.07) is 12.0. The molecular formula is C22H24ClN5O. The molecule has 1 atom stereocenters. The van der Waals surface area contributed by atoms with Gasteiger partial charge in [-0.25, -0.2) is 9.67 Å². The van der Waals surface area contributed by atoms with Gasteiger partial charge in [-0.05, 0) is 62.4 Å². The zero-order valence-electron chi connectivity index (χ0n) is 16.7. The van der Waals surface area contributed by atoms with E-state index in [1.165, 1.54) is 5.56 Å². The molecule has 3 heterocycles. The van der Waals surface area contributed by atoms with Gasteiger partial charge in [-0.1, -0.05) is 29.8 Å². The van der Waals surface area contributed by atoms with Gasteiger partial charge in [-0.2, -0.15) is 5.10 Å². The van der Waals surface area contributed by atoms with Crippen LogP contribution >= 0.6 is 11.6 Å². The van der Waals surface area contributed by atoms with Gasteiger partial charge >= 0.3 is 0 Å². The highest BCUT2D eigenvalue weighted by molar-refractivity contribution is 6.30. The van der Waals surface area contributed by atoms with Crippen molar-refractivity contribution in [1.82, 2.24) is 24.6 Å². The Labute approximate surface area is 175 Å². The predicted molar refractivity (Wildman–Crippen MR) is 112 cm³/mol. The highest BCUT2D eigenvalue weighted by Gasteiger charge is 2.31. The smallest absolute Gasteiger partial charge is 0.244 e. The van der Waals surface area contributed by atoms with Crippen LogP contribution in [0, 0.1) is 13.8 Å². The molecule has 29 heavy (non-hydrogen) atoms. The van der Waals surface area contributed by atoms with E-state index in [4.69, 9.17) is 11.6 Å². The van der Waals surface area contributed by atoms with Crippen molar-refractivity contribution < 1.29 is 4.79 Å². The number of carbonyl (C=O) groups is 1. The van der Waals surface area contributed by atoms with Crippen LogP contribution in [-0.4, -0.2) is 37.1 Å². The summed E-state index contributed by atoms with van der Waals surface area (Å²) >= 11 is 5.95. The van der Waals surface area contributed by atoms with Gasteiger partial charge in [-0.3, -0.25) is 9.78 Å². The predicted octanol–water partition coefficient (Wildman–Crippen LogP) is 3.90. The molecule has 0 saturated carbocycles. The molecule has 2 aromatic heterocycles. The molecule has 6 nitrogen and oxygen atoms in total. The molecule has 4 rings (SSSR count). The van der Waals surface area contributed by atoms with Crippen LogP contribution in [0.25, 0.3) is 0 Å². The van der Waals surface area contributed by atoms with Gasteiger partial charge in [0.1, 0.15) is 18.2 Å². The molecule has 0 radical (unpaired) electrons. The Balaban J connectivity index is 1.44. The summed E-state index contributed by atoms with van der Waals surface area (Å²) in [5.41, 5.74) is 3.28. The number of nitrogens with zero attached hydrogens (tertiary/aromatic N) is 5. The number of rotatable bonds is 5. The van der Waals surface area contributed by atoms with E-state index in [-0.39, 0.29) is 18.5 Å². The minimum atomic E-state index is 0.0250. The molecule has 0 unspecified atom stereocenters. The van der Waals surface area contributed by atoms with Crippen LogP contribution in [0.1, 0.15) is 47.4 Å². The van der Waals surface area contributed by atoms with Gasteiger partial charge in [0, 0.05) is 17.8 Å². The van der Waals surface area contributed by atoms with Crippen LogP contribution < -0.4 is 0 Å². The summed E-state index contributed by atoms with van der Waals surface area (Å²) in [7, 11) is 0. The van der Waals surface area contributed by atoms with Crippen LogP contribution in [0.15, 0.2) is 42.6 Å². The lowest BCUT2D eigenvalue weighted by molar-refractivity contribution is -0.133. The Morgan fingerprint density at radius 1 is 1.14 bits per heavy atom. The number of hydrogen-bond donors (Lipinski definition) is 0. The number of aryl methyl sites for hydroxylation is 2. The number of likely N-dealkylation sites (tertiary alicyclic amines) is 1. The first-order chi connectivity index (χ1) is 14.0. The van der Waals surface area contributed by atoms with Gasteiger partial charge in [0.15, 0.2) is 0 Å². The van der Waals surface area contributed by atoms with Crippen molar-refractivity contribution in [1.29, 1.82) is 0 Å². The lowest BCUT2D eigenvalue weighted by atomic mass is 10.0. The maximum absolute atomic E-state index is 12.9. The van der Waals surface area contributed by atoms with E-state index in [2.05, 4.69) is 21.1 Å². The third kappa shape index (κ3) is 4.48. The van der Waals surface area contributed by atoms with Crippen LogP contribution in [0.2, 0.25) is 5.02 Å². The number of pyridine rings is 1. The number of hydrogen-bond acceptors (Lipinski definition) is 4. The van der Waals surface area contributed by atoms with Gasteiger partial charge in [-0.15, -0.1) is 0 Å². The maximum atomic E-state index is 12.9. The van der Waals surface area contributed by atoms with Gasteiger partial charge in [0.05, 0.1) is 11.7 Å². The number of benzene rings is 1. The molecule has 0 bridgehead atoms. The number of halogens is 1. The van der Waals surface area contributed by atoms with E-state index in [9.17, 15) is 4.79 Å². The minimum Gasteiger partial charge on any atom is -0.332 e. The van der Waals surface area contributed by atoms with Crippen molar-refractivity contribution in [2.24, 2.45) is 0 Å². The summed E-state index contributed by atoms with van der Waals surface area (Å²) in [5, 5.41) is 5.05. The maximum Gasteiger partial charge on any atom is 0.244 e. The van der Waals surface area contributed by atoms with Crippen molar-refractivity contribution in [3.05, 3.63) is 76.1 Å². The molecule has 1 fully saturated rings. The lowest BCUT2D eigenvalue weighted by Gasteiger charge is -2.24. The van der Waals surface area contributed by atoms with Crippen LogP contribution in [0.4, 0.5) is 0 Å². The molecule has 1 aromatic carbocycles. The molecule has 1 aliphatic rings. The highest BCUT2D eigenvalue weighted by atomic mass is 35.5. The van der Waals surface area contributed by atoms with Gasteiger partial charge < -0.3 is 4.90 Å². The molecule has 150 valence electrons. The first kappa shape index (κ1) is 19.6. The molecule has 0 spiro atoms. The first-order valence-electron chi connectivity index (χ1n) is 9.86. The van der Waals surface area contributed by atoms with E-state index in [0.29, 0.717) is 5.82 Å². The number of amides is 1. The van der Waals surface area contributed by atoms with Crippen molar-refractivity contribution in [2.45, 2.75) is 45.7 Å². The Bertz CT molecular complexity index is 997. The zero-order chi connectivity index (χ0) is 20.4. The Morgan fingerprint density at radius 3 is 2.55 bits per heavy atom. The fourth-order valence-electron chi connectivity index (χ4n) is 3.88. The van der Waals surface area contributed by atoms with E-state index >= 15 is 0 Å². The normalized spacial score (nSPS) is 16.4. The highest BCUT2D eigenvalue weighted by Crippen LogP contribution is 2.31. The Hall–Kier alpha value is -2.73. The second-order valence-corrected chi connectivity index (χ2v) is 7.94. The van der Waals surface area contributed by atoms with E-state index in [1.807, 2.05) is 55.3 Å².